The first-order valence-electron chi connectivity index (χ1n) is 6.90. The molecule has 0 aromatic heterocycles. The number of rotatable bonds is 3. The minimum atomic E-state index is -2.24. The topological polar surface area (TPSA) is 40.5 Å². The minimum absolute atomic E-state index is 0.123. The summed E-state index contributed by atoms with van der Waals surface area (Å²) in [5, 5.41) is 19.7. The van der Waals surface area contributed by atoms with Crippen LogP contribution in [-0.4, -0.2) is 10.2 Å². The van der Waals surface area contributed by atoms with Crippen molar-refractivity contribution in [2.24, 2.45) is 0 Å². The Morgan fingerprint density at radius 1 is 0.750 bits per heavy atom. The van der Waals surface area contributed by atoms with Crippen LogP contribution in [-0.2, 0) is 0 Å². The zero-order chi connectivity index (χ0) is 18.2. The molecule has 0 aliphatic carbocycles. The van der Waals surface area contributed by atoms with E-state index < -0.39 is 34.6 Å². The second-order valence-electron chi connectivity index (χ2n) is 5.44. The normalized spacial score (nSPS) is 11.7. The van der Waals surface area contributed by atoms with Crippen molar-refractivity contribution in [3.05, 3.63) is 57.9 Å². The van der Waals surface area contributed by atoms with Crippen molar-refractivity contribution < 1.29 is 32.2 Å². The SMILES string of the molecule is CC(C)c1c(O)cc(/C=C/c2c(F)c(F)c(F)c(F)c2F)cc1O. The van der Waals surface area contributed by atoms with Crippen LogP contribution < -0.4 is 0 Å². The molecule has 2 nitrogen and oxygen atoms in total. The molecule has 2 rings (SSSR count). The highest BCUT2D eigenvalue weighted by Gasteiger charge is 2.24. The largest absolute Gasteiger partial charge is 0.507 e. The molecule has 0 atom stereocenters. The van der Waals surface area contributed by atoms with Crippen molar-refractivity contribution in [3.63, 3.8) is 0 Å². The molecule has 128 valence electrons. The summed E-state index contributed by atoms with van der Waals surface area (Å²) in [4.78, 5) is 0. The second kappa shape index (κ2) is 6.51. The number of hydrogen-bond donors (Lipinski definition) is 2. The lowest BCUT2D eigenvalue weighted by Gasteiger charge is -2.11. The highest BCUT2D eigenvalue weighted by molar-refractivity contribution is 5.72. The minimum Gasteiger partial charge on any atom is -0.507 e. The van der Waals surface area contributed by atoms with E-state index in [0.717, 1.165) is 6.08 Å². The van der Waals surface area contributed by atoms with Gasteiger partial charge in [-0.3, -0.25) is 0 Å². The lowest BCUT2D eigenvalue weighted by Crippen LogP contribution is -2.03. The van der Waals surface area contributed by atoms with Gasteiger partial charge in [-0.1, -0.05) is 19.9 Å². The number of halogens is 5. The van der Waals surface area contributed by atoms with Gasteiger partial charge in [0.2, 0.25) is 5.82 Å². The van der Waals surface area contributed by atoms with Crippen LogP contribution in [0.4, 0.5) is 22.0 Å². The molecule has 0 bridgehead atoms. The molecule has 0 aliphatic heterocycles. The van der Waals surface area contributed by atoms with Crippen LogP contribution >= 0.6 is 0 Å². The van der Waals surface area contributed by atoms with Gasteiger partial charge in [0.1, 0.15) is 11.5 Å². The predicted molar refractivity (Wildman–Crippen MR) is 79.0 cm³/mol. The van der Waals surface area contributed by atoms with Crippen LogP contribution in [0.5, 0.6) is 11.5 Å². The molecule has 2 aromatic carbocycles. The van der Waals surface area contributed by atoms with E-state index in [1.165, 1.54) is 12.1 Å². The summed E-state index contributed by atoms with van der Waals surface area (Å²) in [5.41, 5.74) is -0.708. The first-order chi connectivity index (χ1) is 11.1. The van der Waals surface area contributed by atoms with E-state index in [9.17, 15) is 32.2 Å². The Morgan fingerprint density at radius 2 is 1.17 bits per heavy atom. The van der Waals surface area contributed by atoms with E-state index >= 15 is 0 Å². The van der Waals surface area contributed by atoms with Gasteiger partial charge in [0.15, 0.2) is 23.3 Å². The second-order valence-corrected chi connectivity index (χ2v) is 5.44. The van der Waals surface area contributed by atoms with E-state index in [1.54, 1.807) is 13.8 Å². The maximum Gasteiger partial charge on any atom is 0.200 e. The van der Waals surface area contributed by atoms with Gasteiger partial charge in [0, 0.05) is 5.56 Å². The molecular weight excluding hydrogens is 331 g/mol. The molecule has 0 fully saturated rings. The highest BCUT2D eigenvalue weighted by Crippen LogP contribution is 2.35. The van der Waals surface area contributed by atoms with Crippen LogP contribution in [0.1, 0.15) is 36.5 Å². The lowest BCUT2D eigenvalue weighted by atomic mass is 9.98. The fourth-order valence-corrected chi connectivity index (χ4v) is 2.28. The maximum absolute atomic E-state index is 13.6. The smallest absolute Gasteiger partial charge is 0.200 e. The Kier molecular flexibility index (Phi) is 4.82. The Hall–Kier alpha value is -2.57. The number of phenols is 2. The third-order valence-corrected chi connectivity index (χ3v) is 3.42. The third-order valence-electron chi connectivity index (χ3n) is 3.42. The van der Waals surface area contributed by atoms with Gasteiger partial charge in [-0.25, -0.2) is 22.0 Å². The molecule has 0 aliphatic rings. The highest BCUT2D eigenvalue weighted by atomic mass is 19.2. The van der Waals surface area contributed by atoms with Gasteiger partial charge in [-0.15, -0.1) is 0 Å². The summed E-state index contributed by atoms with van der Waals surface area (Å²) in [6.45, 7) is 3.47. The molecule has 0 heterocycles. The molecule has 0 spiro atoms. The van der Waals surface area contributed by atoms with Crippen molar-refractivity contribution in [1.82, 2.24) is 0 Å². The molecule has 24 heavy (non-hydrogen) atoms. The quantitative estimate of drug-likeness (QED) is 0.352. The van der Waals surface area contributed by atoms with Gasteiger partial charge in [-0.05, 0) is 29.7 Å². The van der Waals surface area contributed by atoms with Crippen molar-refractivity contribution in [2.45, 2.75) is 19.8 Å². The maximum atomic E-state index is 13.6. The van der Waals surface area contributed by atoms with Crippen LogP contribution in [0.2, 0.25) is 0 Å². The summed E-state index contributed by atoms with van der Waals surface area (Å²) < 4.78 is 66.3. The fraction of sp³-hybridized carbons (Fsp3) is 0.176. The molecule has 0 unspecified atom stereocenters. The van der Waals surface area contributed by atoms with Crippen molar-refractivity contribution in [2.75, 3.05) is 0 Å². The molecule has 7 heteroatoms. The summed E-state index contributed by atoms with van der Waals surface area (Å²) in [5.74, 6) is -10.9. The third kappa shape index (κ3) is 3.06. The first kappa shape index (κ1) is 17.8. The van der Waals surface area contributed by atoms with Crippen LogP contribution in [0, 0.1) is 29.1 Å². The van der Waals surface area contributed by atoms with Crippen molar-refractivity contribution >= 4 is 12.2 Å². The molecule has 0 saturated carbocycles. The molecule has 2 N–H and O–H groups in total. The van der Waals surface area contributed by atoms with E-state index in [0.29, 0.717) is 6.08 Å². The van der Waals surface area contributed by atoms with Crippen molar-refractivity contribution in [1.29, 1.82) is 0 Å². The van der Waals surface area contributed by atoms with E-state index in [2.05, 4.69) is 0 Å². The zero-order valence-electron chi connectivity index (χ0n) is 12.7. The van der Waals surface area contributed by atoms with Gasteiger partial charge < -0.3 is 10.2 Å². The van der Waals surface area contributed by atoms with Gasteiger partial charge in [0.05, 0.1) is 5.56 Å². The summed E-state index contributed by atoms with van der Waals surface area (Å²) >= 11 is 0. The number of phenolic OH excluding ortho intramolecular Hbond substituents is 2. The van der Waals surface area contributed by atoms with Gasteiger partial charge in [-0.2, -0.15) is 0 Å². The standard InChI is InChI=1S/C17H13F5O2/c1-7(2)12-10(23)5-8(6-11(12)24)3-4-9-13(18)15(20)17(22)16(21)14(9)19/h3-7,23-24H,1-2H3/b4-3+. The monoisotopic (exact) mass is 344 g/mol. The molecular formula is C17H13F5O2. The van der Waals surface area contributed by atoms with Crippen LogP contribution in [0.25, 0.3) is 12.2 Å². The summed E-state index contributed by atoms with van der Waals surface area (Å²) in [6, 6.07) is 2.41. The molecule has 0 amide bonds. The van der Waals surface area contributed by atoms with Crippen LogP contribution in [0.15, 0.2) is 12.1 Å². The average molecular weight is 344 g/mol. The van der Waals surface area contributed by atoms with Crippen molar-refractivity contribution in [3.8, 4) is 11.5 Å². The Balaban J connectivity index is 2.50. The van der Waals surface area contributed by atoms with Gasteiger partial charge >= 0.3 is 0 Å². The first-order valence-corrected chi connectivity index (χ1v) is 6.90. The van der Waals surface area contributed by atoms with E-state index in [-0.39, 0.29) is 28.5 Å². The zero-order valence-corrected chi connectivity index (χ0v) is 12.7. The molecule has 2 aromatic rings. The summed E-state index contributed by atoms with van der Waals surface area (Å²) in [6.07, 6.45) is 1.70. The van der Waals surface area contributed by atoms with E-state index in [1.807, 2.05) is 0 Å². The Morgan fingerprint density at radius 3 is 1.58 bits per heavy atom. The lowest BCUT2D eigenvalue weighted by molar-refractivity contribution is 0.377. The Bertz CT molecular complexity index is 776. The molecule has 0 saturated heterocycles. The number of benzene rings is 2. The predicted octanol–water partition coefficient (Wildman–Crippen LogP) is 5.09. The fourth-order valence-electron chi connectivity index (χ4n) is 2.28. The number of hydrogen-bond acceptors (Lipinski definition) is 2. The Labute approximate surface area is 134 Å². The summed E-state index contributed by atoms with van der Waals surface area (Å²) in [7, 11) is 0. The van der Waals surface area contributed by atoms with Crippen LogP contribution in [0.3, 0.4) is 0 Å². The van der Waals surface area contributed by atoms with E-state index in [4.69, 9.17) is 0 Å². The number of aromatic hydroxyl groups is 2. The van der Waals surface area contributed by atoms with Gasteiger partial charge in [0.25, 0.3) is 0 Å². The average Bonchev–Trinajstić information content (AvgIpc) is 2.50. The molecule has 0 radical (unpaired) electrons.